The molecule has 0 bridgehead atoms. The maximum Gasteiger partial charge on any atom is 0.236 e. The van der Waals surface area contributed by atoms with Crippen molar-refractivity contribution in [2.75, 3.05) is 18.1 Å². The quantitative estimate of drug-likeness (QED) is 0.858. The monoisotopic (exact) mass is 347 g/mol. The molecule has 3 rings (SSSR count). The number of amides is 1. The summed E-state index contributed by atoms with van der Waals surface area (Å²) in [5.41, 5.74) is 2.20. The summed E-state index contributed by atoms with van der Waals surface area (Å²) >= 11 is 2.95. The molecule has 6 nitrogen and oxygen atoms in total. The first-order chi connectivity index (χ1) is 11.1. The van der Waals surface area contributed by atoms with Gasteiger partial charge in [-0.25, -0.2) is 0 Å². The lowest BCUT2D eigenvalue weighted by atomic mass is 10.1. The summed E-state index contributed by atoms with van der Waals surface area (Å²) in [4.78, 5) is 16.1. The summed E-state index contributed by atoms with van der Waals surface area (Å²) < 4.78 is 1.92. The molecule has 0 saturated heterocycles. The van der Waals surface area contributed by atoms with Crippen molar-refractivity contribution < 1.29 is 4.79 Å². The van der Waals surface area contributed by atoms with E-state index in [2.05, 4.69) is 20.5 Å². The molecule has 1 aromatic heterocycles. The maximum atomic E-state index is 11.9. The van der Waals surface area contributed by atoms with E-state index in [0.717, 1.165) is 34.4 Å². The van der Waals surface area contributed by atoms with Gasteiger partial charge in [-0.15, -0.1) is 10.2 Å². The Hall–Kier alpha value is -1.80. The van der Waals surface area contributed by atoms with Crippen LogP contribution in [0.3, 0.4) is 0 Å². The van der Waals surface area contributed by atoms with Crippen LogP contribution in [0.2, 0.25) is 0 Å². The predicted molar refractivity (Wildman–Crippen MR) is 94.8 cm³/mol. The fraction of sp³-hybridized carbons (Fsp3) is 0.333. The lowest BCUT2D eigenvalue weighted by molar-refractivity contribution is -0.117. The zero-order chi connectivity index (χ0) is 16.2. The Balaban J connectivity index is 1.65. The third-order valence-corrected chi connectivity index (χ3v) is 5.30. The lowest BCUT2D eigenvalue weighted by Gasteiger charge is -2.06. The molecule has 0 saturated carbocycles. The molecule has 8 heteroatoms. The molecule has 2 aromatic rings. The molecule has 1 aliphatic heterocycles. The van der Waals surface area contributed by atoms with E-state index in [0.29, 0.717) is 10.9 Å². The Morgan fingerprint density at radius 1 is 1.39 bits per heavy atom. The number of thioether (sulfide) groups is 2. The van der Waals surface area contributed by atoms with Crippen LogP contribution < -0.4 is 5.32 Å². The molecule has 120 valence electrons. The van der Waals surface area contributed by atoms with E-state index < -0.39 is 0 Å². The van der Waals surface area contributed by atoms with Crippen LogP contribution in [0.25, 0.3) is 11.4 Å². The van der Waals surface area contributed by atoms with Gasteiger partial charge >= 0.3 is 0 Å². The summed E-state index contributed by atoms with van der Waals surface area (Å²) in [7, 11) is 1.92. The minimum atomic E-state index is -0.0661. The highest BCUT2D eigenvalue weighted by atomic mass is 32.2. The van der Waals surface area contributed by atoms with Gasteiger partial charge in [0.05, 0.1) is 12.3 Å². The van der Waals surface area contributed by atoms with E-state index in [1.165, 1.54) is 11.8 Å². The van der Waals surface area contributed by atoms with Crippen molar-refractivity contribution in [1.29, 1.82) is 0 Å². The zero-order valence-corrected chi connectivity index (χ0v) is 14.6. The first-order valence-corrected chi connectivity index (χ1v) is 9.17. The molecular formula is C15H17N5OS2. The van der Waals surface area contributed by atoms with E-state index in [1.807, 2.05) is 42.8 Å². The second kappa shape index (κ2) is 7.18. The number of aliphatic imine (C=N–C) groups is 1. The molecule has 0 radical (unpaired) electrons. The van der Waals surface area contributed by atoms with Crippen molar-refractivity contribution >= 4 is 34.6 Å². The van der Waals surface area contributed by atoms with Crippen molar-refractivity contribution in [2.45, 2.75) is 12.1 Å². The van der Waals surface area contributed by atoms with Gasteiger partial charge in [-0.3, -0.25) is 9.79 Å². The number of aryl methyl sites for hydroxylation is 1. The molecule has 0 atom stereocenters. The molecule has 1 N–H and O–H groups in total. The number of benzene rings is 1. The second-order valence-electron chi connectivity index (χ2n) is 5.05. The highest BCUT2D eigenvalue weighted by molar-refractivity contribution is 8.14. The number of amidine groups is 1. The van der Waals surface area contributed by atoms with Crippen LogP contribution in [0.1, 0.15) is 5.56 Å². The molecule has 0 fully saturated rings. The minimum absolute atomic E-state index is 0.0661. The Morgan fingerprint density at radius 3 is 2.96 bits per heavy atom. The Morgan fingerprint density at radius 2 is 2.22 bits per heavy atom. The number of carbonyl (C=O) groups excluding carboxylic acids is 1. The number of carbonyl (C=O) groups is 1. The van der Waals surface area contributed by atoms with Crippen molar-refractivity contribution in [3.05, 3.63) is 29.8 Å². The highest BCUT2D eigenvalue weighted by Crippen LogP contribution is 2.24. The van der Waals surface area contributed by atoms with Crippen molar-refractivity contribution in [3.8, 4) is 11.4 Å². The minimum Gasteiger partial charge on any atom is -0.305 e. The molecule has 1 aliphatic rings. The van der Waals surface area contributed by atoms with Crippen LogP contribution in [-0.2, 0) is 11.8 Å². The van der Waals surface area contributed by atoms with Crippen molar-refractivity contribution in [3.63, 3.8) is 0 Å². The lowest BCUT2D eigenvalue weighted by Crippen LogP contribution is -2.29. The number of hydrogen-bond acceptors (Lipinski definition) is 6. The largest absolute Gasteiger partial charge is 0.305 e. The number of hydrogen-bond donors (Lipinski definition) is 1. The normalized spacial score (nSPS) is 13.9. The molecular weight excluding hydrogens is 330 g/mol. The van der Waals surface area contributed by atoms with Crippen LogP contribution >= 0.6 is 23.5 Å². The molecule has 0 spiro atoms. The Bertz CT molecular complexity index is 756. The maximum absolute atomic E-state index is 11.9. The number of aromatic nitrogens is 3. The average Bonchev–Trinajstić information content (AvgIpc) is 3.16. The van der Waals surface area contributed by atoms with E-state index >= 15 is 0 Å². The fourth-order valence-electron chi connectivity index (χ4n) is 2.20. The summed E-state index contributed by atoms with van der Waals surface area (Å²) in [5.74, 6) is 1.97. The number of nitrogens with zero attached hydrogens (tertiary/aromatic N) is 4. The standard InChI is InChI=1S/C15H17N5OS2/c1-10-5-3-4-6-11(10)13-18-19-15(20(13)2)23-9-12(21)17-14-16-7-8-22-14/h3-6H,7-9H2,1-2H3,(H,16,17,21). The SMILES string of the molecule is Cc1ccccc1-c1nnc(SCC(=O)NC2=NCCS2)n1C. The van der Waals surface area contributed by atoms with Gasteiger partial charge in [-0.1, -0.05) is 47.8 Å². The van der Waals surface area contributed by atoms with Crippen LogP contribution in [0.15, 0.2) is 34.4 Å². The third-order valence-electron chi connectivity index (χ3n) is 3.39. The molecule has 0 aliphatic carbocycles. The predicted octanol–water partition coefficient (Wildman–Crippen LogP) is 2.10. The van der Waals surface area contributed by atoms with E-state index in [4.69, 9.17) is 0 Å². The van der Waals surface area contributed by atoms with Crippen molar-refractivity contribution in [1.82, 2.24) is 20.1 Å². The highest BCUT2D eigenvalue weighted by Gasteiger charge is 2.15. The number of rotatable bonds is 4. The summed E-state index contributed by atoms with van der Waals surface area (Å²) in [6.45, 7) is 2.82. The zero-order valence-electron chi connectivity index (χ0n) is 12.9. The van der Waals surface area contributed by atoms with Crippen LogP contribution in [-0.4, -0.2) is 43.9 Å². The van der Waals surface area contributed by atoms with Gasteiger partial charge in [0, 0.05) is 18.4 Å². The second-order valence-corrected chi connectivity index (χ2v) is 7.08. The van der Waals surface area contributed by atoms with Gasteiger partial charge in [-0.2, -0.15) is 0 Å². The van der Waals surface area contributed by atoms with Gasteiger partial charge in [0.1, 0.15) is 0 Å². The number of nitrogens with one attached hydrogen (secondary N) is 1. The van der Waals surface area contributed by atoms with Crippen LogP contribution in [0.4, 0.5) is 0 Å². The Kier molecular flexibility index (Phi) is 5.02. The fourth-order valence-corrected chi connectivity index (χ4v) is 3.65. The van der Waals surface area contributed by atoms with E-state index in [-0.39, 0.29) is 5.91 Å². The van der Waals surface area contributed by atoms with Gasteiger partial charge in [0.25, 0.3) is 0 Å². The topological polar surface area (TPSA) is 72.2 Å². The van der Waals surface area contributed by atoms with Gasteiger partial charge in [0.2, 0.25) is 5.91 Å². The summed E-state index contributed by atoms with van der Waals surface area (Å²) in [5, 5.41) is 12.7. The summed E-state index contributed by atoms with van der Waals surface area (Å²) in [6, 6.07) is 8.05. The van der Waals surface area contributed by atoms with Crippen LogP contribution in [0.5, 0.6) is 0 Å². The van der Waals surface area contributed by atoms with Gasteiger partial charge in [-0.05, 0) is 12.5 Å². The molecule has 2 heterocycles. The van der Waals surface area contributed by atoms with Gasteiger partial charge < -0.3 is 9.88 Å². The molecule has 1 amide bonds. The third kappa shape index (κ3) is 3.76. The Labute approximate surface area is 143 Å². The van der Waals surface area contributed by atoms with Gasteiger partial charge in [0.15, 0.2) is 16.1 Å². The van der Waals surface area contributed by atoms with E-state index in [9.17, 15) is 4.79 Å². The first kappa shape index (κ1) is 16.1. The smallest absolute Gasteiger partial charge is 0.236 e. The summed E-state index contributed by atoms with van der Waals surface area (Å²) in [6.07, 6.45) is 0. The molecule has 0 unspecified atom stereocenters. The first-order valence-electron chi connectivity index (χ1n) is 7.20. The molecule has 1 aromatic carbocycles. The van der Waals surface area contributed by atoms with Crippen LogP contribution in [0, 0.1) is 6.92 Å². The van der Waals surface area contributed by atoms with Crippen molar-refractivity contribution in [2.24, 2.45) is 12.0 Å². The average molecular weight is 347 g/mol. The molecule has 23 heavy (non-hydrogen) atoms. The van der Waals surface area contributed by atoms with E-state index in [1.54, 1.807) is 11.8 Å².